The van der Waals surface area contributed by atoms with Crippen molar-refractivity contribution in [2.75, 3.05) is 11.4 Å². The zero-order chi connectivity index (χ0) is 22.8. The van der Waals surface area contributed by atoms with Gasteiger partial charge in [0, 0.05) is 30.7 Å². The molecule has 3 N–H and O–H groups in total. The molecule has 5 rings (SSSR count). The summed E-state index contributed by atoms with van der Waals surface area (Å²) in [6.07, 6.45) is 8.89. The summed E-state index contributed by atoms with van der Waals surface area (Å²) in [5.41, 5.74) is 1.53. The number of anilines is 1. The second-order valence-corrected chi connectivity index (χ2v) is 7.70. The van der Waals surface area contributed by atoms with Crippen LogP contribution < -0.4 is 21.4 Å². The van der Waals surface area contributed by atoms with Gasteiger partial charge in [-0.15, -0.1) is 0 Å². The summed E-state index contributed by atoms with van der Waals surface area (Å²) in [7, 11) is 0. The maximum Gasteiger partial charge on any atom is 0.326 e. The number of aromatic nitrogens is 7. The fourth-order valence-electron chi connectivity index (χ4n) is 3.36. The fourth-order valence-corrected chi connectivity index (χ4v) is 3.36. The summed E-state index contributed by atoms with van der Waals surface area (Å²) in [6.45, 7) is 0.886. The Balaban J connectivity index is 1.67. The van der Waals surface area contributed by atoms with Gasteiger partial charge in [0.2, 0.25) is 11.8 Å². The number of nitriles is 1. The predicted octanol–water partition coefficient (Wildman–Crippen LogP) is -0.228. The number of hydrogen-bond donors (Lipinski definition) is 3. The lowest BCUT2D eigenvalue weighted by Gasteiger charge is -2.21. The third-order valence-corrected chi connectivity index (χ3v) is 5.12. The molecule has 0 atom stereocenters. The molecule has 0 bridgehead atoms. The Labute approximate surface area is 186 Å². The van der Waals surface area contributed by atoms with Gasteiger partial charge in [-0.05, 0) is 30.5 Å². The van der Waals surface area contributed by atoms with E-state index in [-0.39, 0.29) is 17.6 Å². The Morgan fingerprint density at radius 1 is 1.33 bits per heavy atom. The molecule has 0 aromatic carbocycles. The summed E-state index contributed by atoms with van der Waals surface area (Å²) < 4.78 is 1.54. The van der Waals surface area contributed by atoms with Crippen molar-refractivity contribution in [2.45, 2.75) is 31.8 Å². The molecule has 166 valence electrons. The van der Waals surface area contributed by atoms with Crippen molar-refractivity contribution in [3.63, 3.8) is 0 Å². The lowest BCUT2D eigenvalue weighted by Crippen LogP contribution is -2.31. The molecule has 0 unspecified atom stereocenters. The first-order valence-electron chi connectivity index (χ1n) is 10.4. The number of nitrogens with one attached hydrogen (secondary N) is 2. The number of aromatic amines is 2. The van der Waals surface area contributed by atoms with Crippen LogP contribution in [0.3, 0.4) is 0 Å². The van der Waals surface area contributed by atoms with Crippen LogP contribution in [-0.4, -0.2) is 52.2 Å². The van der Waals surface area contributed by atoms with Crippen molar-refractivity contribution in [1.29, 1.82) is 5.26 Å². The molecule has 0 spiro atoms. The van der Waals surface area contributed by atoms with Crippen LogP contribution in [0, 0.1) is 11.3 Å². The smallest absolute Gasteiger partial charge is 0.326 e. The molecule has 4 aromatic rings. The molecule has 1 fully saturated rings. The number of imidazole rings is 1. The fraction of sp³-hybridized carbons (Fsp3) is 0.286. The van der Waals surface area contributed by atoms with Crippen molar-refractivity contribution in [3.05, 3.63) is 63.3 Å². The highest BCUT2D eigenvalue weighted by atomic mass is 16.3. The van der Waals surface area contributed by atoms with Crippen LogP contribution in [0.5, 0.6) is 5.88 Å². The third-order valence-electron chi connectivity index (χ3n) is 5.12. The second kappa shape index (κ2) is 8.54. The molecular formula is C21H20N10O2. The molecule has 4 heterocycles. The van der Waals surface area contributed by atoms with E-state index in [1.165, 1.54) is 0 Å². The van der Waals surface area contributed by atoms with Gasteiger partial charge in [0.25, 0.3) is 5.62 Å². The topological polar surface area (TPSA) is 164 Å². The number of pyridine rings is 1. The maximum absolute atomic E-state index is 11.5. The molecule has 1 aliphatic carbocycles. The molecule has 0 radical (unpaired) electrons. The molecule has 12 heteroatoms. The van der Waals surface area contributed by atoms with Crippen LogP contribution in [-0.2, 0) is 6.54 Å². The predicted molar refractivity (Wildman–Crippen MR) is 117 cm³/mol. The summed E-state index contributed by atoms with van der Waals surface area (Å²) in [5.74, 6) is 0.131. The van der Waals surface area contributed by atoms with Crippen LogP contribution >= 0.6 is 0 Å². The van der Waals surface area contributed by atoms with Gasteiger partial charge in [0.15, 0.2) is 5.65 Å². The molecule has 4 aromatic heterocycles. The van der Waals surface area contributed by atoms with Crippen molar-refractivity contribution < 1.29 is 5.11 Å². The monoisotopic (exact) mass is 444 g/mol. The Morgan fingerprint density at radius 3 is 2.91 bits per heavy atom. The van der Waals surface area contributed by atoms with Crippen molar-refractivity contribution in [2.24, 2.45) is 4.99 Å². The average Bonchev–Trinajstić information content (AvgIpc) is 3.45. The lowest BCUT2D eigenvalue weighted by molar-refractivity contribution is 0.454. The van der Waals surface area contributed by atoms with E-state index in [9.17, 15) is 9.90 Å². The van der Waals surface area contributed by atoms with Crippen LogP contribution in [0.4, 0.5) is 5.95 Å². The zero-order valence-electron chi connectivity index (χ0n) is 17.5. The van der Waals surface area contributed by atoms with E-state index >= 15 is 0 Å². The molecule has 0 amide bonds. The van der Waals surface area contributed by atoms with Gasteiger partial charge in [-0.3, -0.25) is 9.97 Å². The van der Waals surface area contributed by atoms with Gasteiger partial charge in [0.05, 0.1) is 24.7 Å². The standard InChI is InChI=1S/C21H20N10O2/c22-6-2-8-30(12-13-3-1-7-23-10-13)19-27-17-14(9-16-18(32)28-21(33)26-16)11-24-31(17)20(29-19)25-15-4-5-15/h1,3,7,9-11,15,32H,2,4-5,8,12H2,(H2,26,28,33). The minimum atomic E-state index is -0.519. The van der Waals surface area contributed by atoms with Crippen LogP contribution in [0.1, 0.15) is 30.5 Å². The first-order chi connectivity index (χ1) is 16.1. The number of aromatic hydroxyl groups is 1. The van der Waals surface area contributed by atoms with Crippen molar-refractivity contribution in [1.82, 2.24) is 34.5 Å². The van der Waals surface area contributed by atoms with E-state index in [0.717, 1.165) is 18.4 Å². The van der Waals surface area contributed by atoms with Crippen molar-refractivity contribution in [3.8, 4) is 11.9 Å². The van der Waals surface area contributed by atoms with E-state index in [1.807, 2.05) is 17.0 Å². The minimum Gasteiger partial charge on any atom is -0.493 e. The second-order valence-electron chi connectivity index (χ2n) is 7.70. The van der Waals surface area contributed by atoms with E-state index < -0.39 is 5.69 Å². The molecule has 1 saturated carbocycles. The first-order valence-corrected chi connectivity index (χ1v) is 10.4. The van der Waals surface area contributed by atoms with Crippen molar-refractivity contribution >= 4 is 17.7 Å². The molecular weight excluding hydrogens is 424 g/mol. The van der Waals surface area contributed by atoms with E-state index in [4.69, 9.17) is 10.2 Å². The minimum absolute atomic E-state index is 0.198. The summed E-state index contributed by atoms with van der Waals surface area (Å²) in [6, 6.07) is 6.17. The summed E-state index contributed by atoms with van der Waals surface area (Å²) in [5, 5.41) is 24.1. The number of fused-ring (bicyclic) bond motifs is 1. The normalized spacial score (nSPS) is 14.6. The van der Waals surface area contributed by atoms with Gasteiger partial charge in [0.1, 0.15) is 5.69 Å². The van der Waals surface area contributed by atoms with Crippen LogP contribution in [0.15, 0.2) is 40.5 Å². The SMILES string of the molecule is N#CCCN(Cc1cccnc1)c1nc(=NC2CC2)n2ncc(=Cc3[nH]c(=O)[nH]c3O)c2n1. The van der Waals surface area contributed by atoms with E-state index in [0.29, 0.717) is 41.9 Å². The Kier molecular flexibility index (Phi) is 5.27. The number of rotatable bonds is 7. The van der Waals surface area contributed by atoms with Gasteiger partial charge >= 0.3 is 5.69 Å². The highest BCUT2D eigenvalue weighted by molar-refractivity contribution is 5.57. The van der Waals surface area contributed by atoms with Gasteiger partial charge in [-0.1, -0.05) is 6.07 Å². The largest absolute Gasteiger partial charge is 0.493 e. The zero-order valence-corrected chi connectivity index (χ0v) is 17.5. The molecule has 0 saturated heterocycles. The average molecular weight is 444 g/mol. The molecule has 1 aliphatic rings. The number of H-pyrrole nitrogens is 2. The van der Waals surface area contributed by atoms with Gasteiger partial charge in [-0.25, -0.2) is 9.79 Å². The van der Waals surface area contributed by atoms with Gasteiger partial charge in [-0.2, -0.15) is 24.8 Å². The number of nitrogens with zero attached hydrogens (tertiary/aromatic N) is 8. The van der Waals surface area contributed by atoms with Crippen LogP contribution in [0.2, 0.25) is 0 Å². The molecule has 12 nitrogen and oxygen atoms in total. The Morgan fingerprint density at radius 2 is 2.21 bits per heavy atom. The highest BCUT2D eigenvalue weighted by Gasteiger charge is 2.21. The van der Waals surface area contributed by atoms with Crippen LogP contribution in [0.25, 0.3) is 11.7 Å². The van der Waals surface area contributed by atoms with Gasteiger partial charge < -0.3 is 15.0 Å². The Bertz CT molecular complexity index is 1510. The quantitative estimate of drug-likeness (QED) is 0.352. The summed E-state index contributed by atoms with van der Waals surface area (Å²) in [4.78, 5) is 36.5. The first kappa shape index (κ1) is 20.4. The summed E-state index contributed by atoms with van der Waals surface area (Å²) >= 11 is 0. The lowest BCUT2D eigenvalue weighted by atomic mass is 10.2. The third kappa shape index (κ3) is 4.42. The molecule has 0 aliphatic heterocycles. The molecule has 33 heavy (non-hydrogen) atoms. The van der Waals surface area contributed by atoms with E-state index in [1.54, 1.807) is 29.2 Å². The highest BCUT2D eigenvalue weighted by Crippen LogP contribution is 2.22. The van der Waals surface area contributed by atoms with E-state index in [2.05, 4.69) is 36.1 Å². The Hall–Kier alpha value is -4.53. The number of hydrogen-bond acceptors (Lipinski definition) is 9. The maximum atomic E-state index is 11.5.